The monoisotopic (exact) mass is 244 g/mol. The first kappa shape index (κ1) is 10.3. The molecule has 2 aromatic heterocycles. The lowest BCUT2D eigenvalue weighted by atomic mass is 10.0. The Morgan fingerprint density at radius 3 is 2.53 bits per heavy atom. The Labute approximate surface area is 111 Å². The summed E-state index contributed by atoms with van der Waals surface area (Å²) in [7, 11) is 0. The van der Waals surface area contributed by atoms with E-state index < -0.39 is 0 Å². The molecule has 0 atom stereocenters. The molecule has 0 aliphatic carbocycles. The number of fused-ring (bicyclic) bond motifs is 3. The Morgan fingerprint density at radius 1 is 0.842 bits per heavy atom. The highest BCUT2D eigenvalue weighted by Gasteiger charge is 2.07. The number of imidazole rings is 1. The Hall–Kier alpha value is -2.61. The van der Waals surface area contributed by atoms with Crippen LogP contribution in [-0.2, 0) is 0 Å². The number of hydrogen-bond donors (Lipinski definition) is 0. The highest BCUT2D eigenvalue weighted by molar-refractivity contribution is 5.97. The second-order valence-electron chi connectivity index (χ2n) is 4.60. The fourth-order valence-electron chi connectivity index (χ4n) is 2.60. The predicted molar refractivity (Wildman–Crippen MR) is 78.1 cm³/mol. The summed E-state index contributed by atoms with van der Waals surface area (Å²) < 4.78 is 2.13. The fourth-order valence-corrected chi connectivity index (χ4v) is 2.60. The van der Waals surface area contributed by atoms with Crippen molar-refractivity contribution in [1.82, 2.24) is 9.38 Å². The van der Waals surface area contributed by atoms with Gasteiger partial charge in [-0.25, -0.2) is 4.98 Å². The van der Waals surface area contributed by atoms with E-state index in [0.717, 1.165) is 5.65 Å². The number of nitrogens with zero attached hydrogens (tertiary/aromatic N) is 2. The zero-order valence-corrected chi connectivity index (χ0v) is 10.3. The van der Waals surface area contributed by atoms with Gasteiger partial charge in [0.1, 0.15) is 5.65 Å². The van der Waals surface area contributed by atoms with Crippen LogP contribution in [0.15, 0.2) is 73.1 Å². The van der Waals surface area contributed by atoms with Gasteiger partial charge in [0.2, 0.25) is 0 Å². The van der Waals surface area contributed by atoms with E-state index in [0.29, 0.717) is 0 Å². The summed E-state index contributed by atoms with van der Waals surface area (Å²) in [5, 5.41) is 1.25. The van der Waals surface area contributed by atoms with Gasteiger partial charge in [0.05, 0.1) is 5.52 Å². The van der Waals surface area contributed by atoms with E-state index in [-0.39, 0.29) is 0 Å². The predicted octanol–water partition coefficient (Wildman–Crippen LogP) is 4.15. The molecule has 0 aliphatic rings. The third-order valence-corrected chi connectivity index (χ3v) is 3.48. The van der Waals surface area contributed by atoms with E-state index in [9.17, 15) is 0 Å². The third-order valence-electron chi connectivity index (χ3n) is 3.48. The van der Waals surface area contributed by atoms with E-state index in [1.54, 1.807) is 0 Å². The molecule has 90 valence electrons. The number of para-hydroxylation sites is 1. The summed E-state index contributed by atoms with van der Waals surface area (Å²) in [5.41, 5.74) is 4.63. The molecule has 2 heterocycles. The van der Waals surface area contributed by atoms with Crippen molar-refractivity contribution in [2.45, 2.75) is 0 Å². The summed E-state index contributed by atoms with van der Waals surface area (Å²) in [4.78, 5) is 4.42. The molecule has 0 N–H and O–H groups in total. The molecule has 0 aliphatic heterocycles. The summed E-state index contributed by atoms with van der Waals surface area (Å²) in [5.74, 6) is 0. The standard InChI is InChI=1S/C17H12N2/c1-2-6-13(7-3-1)15-12-17-18-10-11-19(17)16-9-5-4-8-14(15)16/h1-12H. The van der Waals surface area contributed by atoms with Gasteiger partial charge in [-0.15, -0.1) is 0 Å². The van der Waals surface area contributed by atoms with E-state index >= 15 is 0 Å². The van der Waals surface area contributed by atoms with Crippen molar-refractivity contribution in [1.29, 1.82) is 0 Å². The first-order valence-corrected chi connectivity index (χ1v) is 6.34. The van der Waals surface area contributed by atoms with Crippen molar-refractivity contribution in [2.75, 3.05) is 0 Å². The van der Waals surface area contributed by atoms with Crippen LogP contribution in [-0.4, -0.2) is 9.38 Å². The van der Waals surface area contributed by atoms with Gasteiger partial charge < -0.3 is 0 Å². The molecule has 0 bridgehead atoms. The molecule has 2 aromatic carbocycles. The molecule has 0 unspecified atom stereocenters. The molecule has 4 rings (SSSR count). The summed E-state index contributed by atoms with van der Waals surface area (Å²) in [6.07, 6.45) is 3.85. The van der Waals surface area contributed by atoms with Crippen LogP contribution in [0.1, 0.15) is 0 Å². The minimum Gasteiger partial charge on any atom is -0.300 e. The highest BCUT2D eigenvalue weighted by atomic mass is 15.0. The number of pyridine rings is 1. The van der Waals surface area contributed by atoms with Crippen molar-refractivity contribution < 1.29 is 0 Å². The van der Waals surface area contributed by atoms with Gasteiger partial charge in [-0.2, -0.15) is 0 Å². The average molecular weight is 244 g/mol. The molecule has 2 heteroatoms. The highest BCUT2D eigenvalue weighted by Crippen LogP contribution is 2.29. The van der Waals surface area contributed by atoms with Gasteiger partial charge in [-0.05, 0) is 23.3 Å². The maximum Gasteiger partial charge on any atom is 0.137 e. The minimum absolute atomic E-state index is 0.984. The van der Waals surface area contributed by atoms with Crippen LogP contribution in [0.2, 0.25) is 0 Å². The van der Waals surface area contributed by atoms with Gasteiger partial charge >= 0.3 is 0 Å². The third kappa shape index (κ3) is 1.54. The minimum atomic E-state index is 0.984. The lowest BCUT2D eigenvalue weighted by Crippen LogP contribution is -1.90. The van der Waals surface area contributed by atoms with Gasteiger partial charge in [0.15, 0.2) is 0 Å². The second kappa shape index (κ2) is 3.95. The van der Waals surface area contributed by atoms with Gasteiger partial charge in [-0.1, -0.05) is 48.5 Å². The topological polar surface area (TPSA) is 17.3 Å². The van der Waals surface area contributed by atoms with E-state index in [1.807, 2.05) is 18.5 Å². The summed E-state index contributed by atoms with van der Waals surface area (Å²) in [6.45, 7) is 0. The zero-order chi connectivity index (χ0) is 12.7. The Morgan fingerprint density at radius 2 is 1.63 bits per heavy atom. The van der Waals surface area contributed by atoms with Crippen LogP contribution < -0.4 is 0 Å². The SMILES string of the molecule is c1ccc(-c2cc3nccn3c3ccccc23)cc1. The van der Waals surface area contributed by atoms with Crippen LogP contribution in [0.4, 0.5) is 0 Å². The molecule has 0 spiro atoms. The average Bonchev–Trinajstić information content (AvgIpc) is 2.96. The van der Waals surface area contributed by atoms with Crippen LogP contribution in [0.25, 0.3) is 27.7 Å². The molecule has 0 fully saturated rings. The van der Waals surface area contributed by atoms with Crippen molar-refractivity contribution in [3.05, 3.63) is 73.1 Å². The maximum absolute atomic E-state index is 4.42. The van der Waals surface area contributed by atoms with Crippen LogP contribution >= 0.6 is 0 Å². The Bertz CT molecular complexity index is 860. The molecule has 0 radical (unpaired) electrons. The van der Waals surface area contributed by atoms with Crippen LogP contribution in [0.3, 0.4) is 0 Å². The molecule has 4 aromatic rings. The molecular weight excluding hydrogens is 232 g/mol. The molecular formula is C17H12N2. The van der Waals surface area contributed by atoms with E-state index in [2.05, 4.69) is 64.0 Å². The zero-order valence-electron chi connectivity index (χ0n) is 10.3. The largest absolute Gasteiger partial charge is 0.300 e. The van der Waals surface area contributed by atoms with Crippen molar-refractivity contribution in [2.24, 2.45) is 0 Å². The normalized spacial score (nSPS) is 11.2. The van der Waals surface area contributed by atoms with Crippen LogP contribution in [0, 0.1) is 0 Å². The van der Waals surface area contributed by atoms with Gasteiger partial charge in [0.25, 0.3) is 0 Å². The molecule has 2 nitrogen and oxygen atoms in total. The lowest BCUT2D eigenvalue weighted by molar-refractivity contribution is 1.26. The molecule has 0 saturated heterocycles. The quantitative estimate of drug-likeness (QED) is 0.491. The lowest BCUT2D eigenvalue weighted by Gasteiger charge is -2.09. The smallest absolute Gasteiger partial charge is 0.137 e. The van der Waals surface area contributed by atoms with Crippen molar-refractivity contribution in [3.8, 4) is 11.1 Å². The van der Waals surface area contributed by atoms with Gasteiger partial charge in [-0.3, -0.25) is 4.40 Å². The maximum atomic E-state index is 4.42. The van der Waals surface area contributed by atoms with Crippen LogP contribution in [0.5, 0.6) is 0 Å². The van der Waals surface area contributed by atoms with E-state index in [1.165, 1.54) is 22.0 Å². The number of hydrogen-bond acceptors (Lipinski definition) is 1. The van der Waals surface area contributed by atoms with Crippen molar-refractivity contribution >= 4 is 16.6 Å². The Balaban J connectivity index is 2.19. The molecule has 0 amide bonds. The first-order valence-electron chi connectivity index (χ1n) is 6.34. The summed E-state index contributed by atoms with van der Waals surface area (Å²) in [6, 6.07) is 21.1. The Kier molecular flexibility index (Phi) is 2.15. The second-order valence-corrected chi connectivity index (χ2v) is 4.60. The fraction of sp³-hybridized carbons (Fsp3) is 0. The number of benzene rings is 2. The van der Waals surface area contributed by atoms with Crippen molar-refractivity contribution in [3.63, 3.8) is 0 Å². The van der Waals surface area contributed by atoms with Gasteiger partial charge in [0, 0.05) is 17.8 Å². The first-order chi connectivity index (χ1) is 9.43. The molecule has 19 heavy (non-hydrogen) atoms. The number of rotatable bonds is 1. The summed E-state index contributed by atoms with van der Waals surface area (Å²) >= 11 is 0. The van der Waals surface area contributed by atoms with E-state index in [4.69, 9.17) is 0 Å². The number of aromatic nitrogens is 2. The molecule has 0 saturated carbocycles.